The van der Waals surface area contributed by atoms with E-state index in [0.717, 1.165) is 5.56 Å². The highest BCUT2D eigenvalue weighted by Gasteiger charge is 2.51. The standard InChI is InChI=1S/C18H15N3O4S2/c1-25-14-7-5-12(6-8-14)19-16(22)15-10-27-17(20(15)18(19)26)11-3-2-4-13(9-11)21(23)24/h2-9,15,17H,10H2,1H3/t15-,17-/m0/s1. The van der Waals surface area contributed by atoms with Crippen molar-refractivity contribution in [2.75, 3.05) is 17.8 Å². The van der Waals surface area contributed by atoms with Gasteiger partial charge in [-0.3, -0.25) is 19.8 Å². The van der Waals surface area contributed by atoms with Crippen molar-refractivity contribution in [1.82, 2.24) is 4.90 Å². The van der Waals surface area contributed by atoms with Gasteiger partial charge in [0.05, 0.1) is 17.7 Å². The molecule has 0 saturated carbocycles. The summed E-state index contributed by atoms with van der Waals surface area (Å²) in [5.41, 5.74) is 1.48. The van der Waals surface area contributed by atoms with E-state index in [-0.39, 0.29) is 23.0 Å². The molecule has 0 bridgehead atoms. The molecular formula is C18H15N3O4S2. The number of methoxy groups -OCH3 is 1. The number of rotatable bonds is 4. The Morgan fingerprint density at radius 2 is 2.00 bits per heavy atom. The zero-order valence-electron chi connectivity index (χ0n) is 14.3. The Bertz CT molecular complexity index is 934. The van der Waals surface area contributed by atoms with Gasteiger partial charge >= 0.3 is 0 Å². The summed E-state index contributed by atoms with van der Waals surface area (Å²) in [6.45, 7) is 0. The Balaban J connectivity index is 1.66. The van der Waals surface area contributed by atoms with E-state index >= 15 is 0 Å². The molecule has 2 atom stereocenters. The van der Waals surface area contributed by atoms with Crippen LogP contribution < -0.4 is 9.64 Å². The maximum absolute atomic E-state index is 12.9. The van der Waals surface area contributed by atoms with E-state index < -0.39 is 4.92 Å². The average Bonchev–Trinajstić information content (AvgIpc) is 3.22. The van der Waals surface area contributed by atoms with Gasteiger partial charge < -0.3 is 9.64 Å². The summed E-state index contributed by atoms with van der Waals surface area (Å²) in [6, 6.07) is 13.3. The van der Waals surface area contributed by atoms with E-state index in [4.69, 9.17) is 17.0 Å². The monoisotopic (exact) mass is 401 g/mol. The van der Waals surface area contributed by atoms with Gasteiger partial charge in [-0.05, 0) is 42.0 Å². The molecule has 0 aliphatic carbocycles. The number of hydrogen-bond donors (Lipinski definition) is 0. The van der Waals surface area contributed by atoms with E-state index in [9.17, 15) is 14.9 Å². The van der Waals surface area contributed by atoms with Crippen molar-refractivity contribution in [3.63, 3.8) is 0 Å². The lowest BCUT2D eigenvalue weighted by Crippen LogP contribution is -2.33. The Hall–Kier alpha value is -2.65. The molecule has 4 rings (SSSR count). The number of ether oxygens (including phenoxy) is 1. The van der Waals surface area contributed by atoms with Gasteiger partial charge in [0.15, 0.2) is 5.11 Å². The van der Waals surface area contributed by atoms with Crippen LogP contribution in [0.15, 0.2) is 48.5 Å². The topological polar surface area (TPSA) is 75.9 Å². The van der Waals surface area contributed by atoms with Gasteiger partial charge in [0.25, 0.3) is 11.6 Å². The largest absolute Gasteiger partial charge is 0.497 e. The van der Waals surface area contributed by atoms with E-state index in [0.29, 0.717) is 22.3 Å². The van der Waals surface area contributed by atoms with Crippen LogP contribution in [0.4, 0.5) is 11.4 Å². The van der Waals surface area contributed by atoms with E-state index in [1.54, 1.807) is 55.3 Å². The summed E-state index contributed by atoms with van der Waals surface area (Å²) in [4.78, 5) is 27.0. The molecule has 7 nitrogen and oxygen atoms in total. The van der Waals surface area contributed by atoms with Crippen LogP contribution in [0.1, 0.15) is 10.9 Å². The molecule has 2 heterocycles. The Morgan fingerprint density at radius 3 is 2.67 bits per heavy atom. The molecule has 0 N–H and O–H groups in total. The molecule has 2 aliphatic rings. The van der Waals surface area contributed by atoms with Gasteiger partial charge in [-0.2, -0.15) is 0 Å². The first-order valence-electron chi connectivity index (χ1n) is 8.17. The third-order valence-corrected chi connectivity index (χ3v) is 6.33. The molecule has 9 heteroatoms. The number of thioether (sulfide) groups is 1. The molecule has 2 fully saturated rings. The van der Waals surface area contributed by atoms with Crippen molar-refractivity contribution >= 4 is 46.4 Å². The molecule has 2 aliphatic heterocycles. The predicted octanol–water partition coefficient (Wildman–Crippen LogP) is 3.35. The van der Waals surface area contributed by atoms with Gasteiger partial charge in [-0.15, -0.1) is 11.8 Å². The number of amides is 1. The molecule has 2 aromatic rings. The number of nitro groups is 1. The second-order valence-corrected chi connectivity index (χ2v) is 7.59. The summed E-state index contributed by atoms with van der Waals surface area (Å²) in [6.07, 6.45) is 0. The molecule has 2 aromatic carbocycles. The van der Waals surface area contributed by atoms with Gasteiger partial charge in [0.2, 0.25) is 0 Å². The summed E-state index contributed by atoms with van der Waals surface area (Å²) in [7, 11) is 1.58. The molecule has 0 radical (unpaired) electrons. The second-order valence-electron chi connectivity index (χ2n) is 6.12. The molecule has 27 heavy (non-hydrogen) atoms. The number of benzene rings is 2. The van der Waals surface area contributed by atoms with E-state index in [1.807, 2.05) is 11.0 Å². The lowest BCUT2D eigenvalue weighted by atomic mass is 10.1. The molecular weight excluding hydrogens is 386 g/mol. The molecule has 2 saturated heterocycles. The summed E-state index contributed by atoms with van der Waals surface area (Å²) < 4.78 is 5.16. The predicted molar refractivity (Wildman–Crippen MR) is 107 cm³/mol. The average molecular weight is 401 g/mol. The third kappa shape index (κ3) is 2.92. The first-order chi connectivity index (χ1) is 13.0. The fourth-order valence-electron chi connectivity index (χ4n) is 3.31. The quantitative estimate of drug-likeness (QED) is 0.442. The number of fused-ring (bicyclic) bond motifs is 1. The highest BCUT2D eigenvalue weighted by Crippen LogP contribution is 2.46. The lowest BCUT2D eigenvalue weighted by molar-refractivity contribution is -0.384. The zero-order valence-corrected chi connectivity index (χ0v) is 15.9. The molecule has 0 unspecified atom stereocenters. The van der Waals surface area contributed by atoms with Crippen molar-refractivity contribution in [2.45, 2.75) is 11.4 Å². The SMILES string of the molecule is COc1ccc(N2C(=O)[C@@H]3CS[C@@H](c4cccc([N+](=O)[O-])c4)N3C2=S)cc1. The van der Waals surface area contributed by atoms with Crippen LogP contribution in [0.25, 0.3) is 0 Å². The van der Waals surface area contributed by atoms with Gasteiger partial charge in [0, 0.05) is 17.9 Å². The van der Waals surface area contributed by atoms with Crippen molar-refractivity contribution in [1.29, 1.82) is 0 Å². The first kappa shape index (κ1) is 17.7. The Kier molecular flexibility index (Phi) is 4.48. The van der Waals surface area contributed by atoms with Crippen LogP contribution >= 0.6 is 24.0 Å². The number of anilines is 1. The van der Waals surface area contributed by atoms with Gasteiger partial charge in [0.1, 0.15) is 17.2 Å². The summed E-state index contributed by atoms with van der Waals surface area (Å²) >= 11 is 7.18. The highest BCUT2D eigenvalue weighted by molar-refractivity contribution is 7.99. The molecule has 0 aromatic heterocycles. The fourth-order valence-corrected chi connectivity index (χ4v) is 5.22. The number of hydrogen-bond acceptors (Lipinski definition) is 6. The number of thiocarbonyl (C=S) groups is 1. The highest BCUT2D eigenvalue weighted by atomic mass is 32.2. The van der Waals surface area contributed by atoms with Crippen LogP contribution in [-0.2, 0) is 4.79 Å². The third-order valence-electron chi connectivity index (χ3n) is 4.61. The minimum atomic E-state index is -0.419. The van der Waals surface area contributed by atoms with Gasteiger partial charge in [-0.25, -0.2) is 0 Å². The van der Waals surface area contributed by atoms with E-state index in [1.165, 1.54) is 11.0 Å². The lowest BCUT2D eigenvalue weighted by Gasteiger charge is -2.25. The second kappa shape index (κ2) is 6.82. The van der Waals surface area contributed by atoms with Crippen LogP contribution in [0.5, 0.6) is 5.75 Å². The normalized spacial score (nSPS) is 21.5. The maximum atomic E-state index is 12.9. The number of carbonyl (C=O) groups is 1. The summed E-state index contributed by atoms with van der Waals surface area (Å²) in [5, 5.41) is 11.3. The van der Waals surface area contributed by atoms with Crippen molar-refractivity contribution < 1.29 is 14.5 Å². The Morgan fingerprint density at radius 1 is 1.26 bits per heavy atom. The van der Waals surface area contributed by atoms with Crippen LogP contribution in [0, 0.1) is 10.1 Å². The number of carbonyl (C=O) groups excluding carboxylic acids is 1. The van der Waals surface area contributed by atoms with E-state index in [2.05, 4.69) is 0 Å². The zero-order chi connectivity index (χ0) is 19.1. The van der Waals surface area contributed by atoms with Crippen molar-refractivity contribution in [3.8, 4) is 5.75 Å². The minimum Gasteiger partial charge on any atom is -0.497 e. The minimum absolute atomic E-state index is 0.0278. The van der Waals surface area contributed by atoms with Gasteiger partial charge in [-0.1, -0.05) is 12.1 Å². The van der Waals surface area contributed by atoms with Crippen LogP contribution in [0.2, 0.25) is 0 Å². The number of nitrogens with zero attached hydrogens (tertiary/aromatic N) is 3. The number of non-ortho nitro benzene ring substituents is 1. The van der Waals surface area contributed by atoms with Crippen molar-refractivity contribution in [2.24, 2.45) is 0 Å². The van der Waals surface area contributed by atoms with Crippen LogP contribution in [0.3, 0.4) is 0 Å². The summed E-state index contributed by atoms with van der Waals surface area (Å²) in [5.74, 6) is 1.20. The molecule has 0 spiro atoms. The first-order valence-corrected chi connectivity index (χ1v) is 9.63. The fraction of sp³-hybridized carbons (Fsp3) is 0.222. The smallest absolute Gasteiger partial charge is 0.269 e. The van der Waals surface area contributed by atoms with Crippen LogP contribution in [-0.4, -0.2) is 39.7 Å². The molecule has 138 valence electrons. The number of nitro benzene ring substituents is 1. The molecule has 1 amide bonds. The maximum Gasteiger partial charge on any atom is 0.269 e. The Labute approximate surface area is 165 Å². The van der Waals surface area contributed by atoms with Crippen molar-refractivity contribution in [3.05, 3.63) is 64.2 Å².